The molecule has 9 nitrogen and oxygen atoms in total. The van der Waals surface area contributed by atoms with Gasteiger partial charge in [0, 0.05) is 0 Å². The van der Waals surface area contributed by atoms with Crippen LogP contribution in [0.25, 0.3) is 11.2 Å². The fraction of sp³-hybridized carbons (Fsp3) is 0.621. The Morgan fingerprint density at radius 3 is 2.17 bits per heavy atom. The van der Waals surface area contributed by atoms with E-state index < -0.39 is 29.1 Å². The Kier molecular flexibility index (Phi) is 13.7. The third kappa shape index (κ3) is 14.0. The van der Waals surface area contributed by atoms with Crippen molar-refractivity contribution < 1.29 is 38.1 Å². The van der Waals surface area contributed by atoms with Gasteiger partial charge in [0.05, 0.1) is 25.6 Å². The first kappa shape index (κ1) is 38.5. The van der Waals surface area contributed by atoms with Crippen LogP contribution in [0.5, 0.6) is 0 Å². The Hall–Kier alpha value is -1.97. The van der Waals surface area contributed by atoms with Crippen LogP contribution in [0.3, 0.4) is 0 Å². The molecule has 3 aromatic rings. The van der Waals surface area contributed by atoms with Crippen molar-refractivity contribution in [2.45, 2.75) is 95.1 Å². The number of thioether (sulfide) groups is 1. The number of halogens is 5. The van der Waals surface area contributed by atoms with Crippen LogP contribution in [-0.2, 0) is 26.8 Å². The molecule has 0 aliphatic rings. The second kappa shape index (κ2) is 16.4. The van der Waals surface area contributed by atoms with Crippen LogP contribution in [0.2, 0.25) is 0 Å². The Balaban J connectivity index is 1.10. The number of rotatable bonds is 23. The fourth-order valence-corrected chi connectivity index (χ4v) is 7.29. The second-order valence-electron chi connectivity index (χ2n) is 11.4. The van der Waals surface area contributed by atoms with Gasteiger partial charge in [-0.1, -0.05) is 76.5 Å². The summed E-state index contributed by atoms with van der Waals surface area (Å²) in [6.07, 6.45) is 13.0. The van der Waals surface area contributed by atoms with E-state index in [-0.39, 0.29) is 18.5 Å². The monoisotopic (exact) mass is 717 g/mol. The number of benzene rings is 1. The van der Waals surface area contributed by atoms with Gasteiger partial charge < -0.3 is 24.5 Å². The van der Waals surface area contributed by atoms with Crippen LogP contribution in [0.1, 0.15) is 76.7 Å². The van der Waals surface area contributed by atoms with Gasteiger partial charge in [0.1, 0.15) is 23.1 Å². The van der Waals surface area contributed by atoms with Crippen LogP contribution in [0, 0.1) is 0 Å². The first-order chi connectivity index (χ1) is 21.5. The van der Waals surface area contributed by atoms with Crippen LogP contribution in [0.4, 0.5) is 25.2 Å². The lowest BCUT2D eigenvalue weighted by Crippen LogP contribution is -2.17. The van der Waals surface area contributed by atoms with Crippen LogP contribution in [0.15, 0.2) is 41.8 Å². The number of fused-ring (bicyclic) bond motifs is 1. The highest BCUT2D eigenvalue weighted by molar-refractivity contribution is 8.45. The number of hydrogen-bond donors (Lipinski definition) is 2. The number of anilines is 1. The number of imidazole rings is 1. The van der Waals surface area contributed by atoms with Gasteiger partial charge in [-0.3, -0.25) is 4.57 Å². The van der Waals surface area contributed by atoms with E-state index >= 15 is 0 Å². The molecule has 3 rings (SSSR count). The molecule has 0 saturated heterocycles. The summed E-state index contributed by atoms with van der Waals surface area (Å²) in [4.78, 5) is 20.5. The fourth-order valence-electron chi connectivity index (χ4n) is 4.77. The minimum atomic E-state index is -9.59. The molecule has 0 bridgehead atoms. The highest BCUT2D eigenvalue weighted by atomic mass is 32.5. The number of ether oxygens (including phenoxy) is 1. The molecule has 17 heteroatoms. The highest BCUT2D eigenvalue weighted by Crippen LogP contribution is 3.02. The SMILES string of the molecule is C[C@H](Cn1cnc2c(N)ncnc21)OCP(=O)(O)OCCCSCCCCCCCCCCCc1ccc(S(F)(F)(F)(F)F)cc1. The zero-order valence-electron chi connectivity index (χ0n) is 26.0. The van der Waals surface area contributed by atoms with E-state index in [1.807, 2.05) is 0 Å². The van der Waals surface area contributed by atoms with E-state index in [1.165, 1.54) is 6.33 Å². The maximum atomic E-state index is 12.8. The van der Waals surface area contributed by atoms with Crippen molar-refractivity contribution in [3.8, 4) is 0 Å². The lowest BCUT2D eigenvalue weighted by molar-refractivity contribution is 0.0718. The van der Waals surface area contributed by atoms with E-state index in [0.29, 0.717) is 48.2 Å². The average Bonchev–Trinajstić information content (AvgIpc) is 3.38. The van der Waals surface area contributed by atoms with Crippen molar-refractivity contribution in [3.05, 3.63) is 42.5 Å². The summed E-state index contributed by atoms with van der Waals surface area (Å²) in [6.45, 7) is 2.34. The van der Waals surface area contributed by atoms with Gasteiger partial charge in [-0.25, -0.2) is 15.0 Å². The summed E-state index contributed by atoms with van der Waals surface area (Å²) in [5.74, 6) is 2.16. The lowest BCUT2D eigenvalue weighted by atomic mass is 10.0. The first-order valence-electron chi connectivity index (χ1n) is 15.4. The lowest BCUT2D eigenvalue weighted by Gasteiger charge is -2.40. The van der Waals surface area contributed by atoms with E-state index in [2.05, 4.69) is 15.0 Å². The number of aryl methyl sites for hydroxylation is 1. The van der Waals surface area contributed by atoms with Crippen LogP contribution < -0.4 is 5.73 Å². The third-order valence-electron chi connectivity index (χ3n) is 7.25. The molecule has 0 spiro atoms. The zero-order valence-corrected chi connectivity index (χ0v) is 28.6. The predicted octanol–water partition coefficient (Wildman–Crippen LogP) is 9.51. The number of nitrogens with zero attached hydrogens (tertiary/aromatic N) is 4. The van der Waals surface area contributed by atoms with Crippen molar-refractivity contribution in [1.82, 2.24) is 19.5 Å². The minimum absolute atomic E-state index is 0.186. The summed E-state index contributed by atoms with van der Waals surface area (Å²) in [5.41, 5.74) is 7.50. The van der Waals surface area contributed by atoms with E-state index in [9.17, 15) is 28.9 Å². The third-order valence-corrected chi connectivity index (χ3v) is 10.6. The summed E-state index contributed by atoms with van der Waals surface area (Å²) < 4.78 is 88.8. The molecular weight excluding hydrogens is 672 g/mol. The average molecular weight is 718 g/mol. The van der Waals surface area contributed by atoms with Crippen molar-refractivity contribution in [2.24, 2.45) is 0 Å². The highest BCUT2D eigenvalue weighted by Gasteiger charge is 2.65. The van der Waals surface area contributed by atoms with Gasteiger partial charge in [0.15, 0.2) is 11.5 Å². The number of hydrogen-bond acceptors (Lipinski definition) is 8. The Bertz CT molecular complexity index is 1420. The summed E-state index contributed by atoms with van der Waals surface area (Å²) in [6, 6.07) is 3.26. The van der Waals surface area contributed by atoms with E-state index in [0.717, 1.165) is 81.4 Å². The molecule has 0 amide bonds. The molecule has 262 valence electrons. The molecule has 1 unspecified atom stereocenters. The Labute approximate surface area is 271 Å². The van der Waals surface area contributed by atoms with Crippen molar-refractivity contribution >= 4 is 46.6 Å². The molecule has 2 atom stereocenters. The minimum Gasteiger partial charge on any atom is -0.382 e. The molecule has 3 N–H and O–H groups in total. The molecule has 46 heavy (non-hydrogen) atoms. The van der Waals surface area contributed by atoms with Gasteiger partial charge in [0.25, 0.3) is 0 Å². The number of nitrogens with two attached hydrogens (primary N) is 1. The molecule has 1 aromatic carbocycles. The summed E-state index contributed by atoms with van der Waals surface area (Å²) >= 11 is 1.80. The Morgan fingerprint density at radius 1 is 0.913 bits per heavy atom. The van der Waals surface area contributed by atoms with Crippen LogP contribution >= 0.6 is 29.6 Å². The Morgan fingerprint density at radius 2 is 1.52 bits per heavy atom. The molecular formula is C29H45F5N5O4PS2. The van der Waals surface area contributed by atoms with Gasteiger partial charge in [-0.05, 0) is 61.8 Å². The van der Waals surface area contributed by atoms with Crippen molar-refractivity contribution in [3.63, 3.8) is 0 Å². The summed E-state index contributed by atoms with van der Waals surface area (Å²) in [5, 5.41) is 0. The van der Waals surface area contributed by atoms with Crippen molar-refractivity contribution in [1.29, 1.82) is 0 Å². The zero-order chi connectivity index (χ0) is 33.7. The molecule has 0 saturated carbocycles. The quantitative estimate of drug-likeness (QED) is 0.0561. The molecule has 0 aliphatic carbocycles. The van der Waals surface area contributed by atoms with Crippen molar-refractivity contribution in [2.75, 3.05) is 30.2 Å². The number of aromatic nitrogens is 4. The summed E-state index contributed by atoms with van der Waals surface area (Å²) in [7, 11) is -13.5. The molecule has 2 heterocycles. The maximum Gasteiger partial charge on any atom is 0.353 e. The number of nitrogen functional groups attached to an aromatic ring is 1. The molecule has 0 fully saturated rings. The topological polar surface area (TPSA) is 125 Å². The largest absolute Gasteiger partial charge is 0.382 e. The van der Waals surface area contributed by atoms with E-state index in [1.54, 1.807) is 29.6 Å². The second-order valence-corrected chi connectivity index (χ2v) is 16.8. The molecule has 0 radical (unpaired) electrons. The van der Waals surface area contributed by atoms with E-state index in [4.69, 9.17) is 15.0 Å². The number of unbranched alkanes of at least 4 members (excludes halogenated alkanes) is 8. The normalized spacial score (nSPS) is 15.8. The smallest absolute Gasteiger partial charge is 0.353 e. The standard InChI is InChI=1S/C29H45F5N5O4PS2/c1-24(20-39-22-38-27-28(35)36-21-37-29(27)39)42-23-44(40,41)43-17-11-19-45-18-10-8-6-4-2-3-5-7-9-12-25-13-15-26(16-14-25)46(30,31,32,33)34/h13-16,21-22,24H,2-12,17-20,23H2,1H3,(H,40,41)(H2,35,36,37)/t24-/m1/s1. The van der Waals surface area contributed by atoms with Gasteiger partial charge >= 0.3 is 17.8 Å². The predicted molar refractivity (Wildman–Crippen MR) is 176 cm³/mol. The maximum absolute atomic E-state index is 12.8. The van der Waals surface area contributed by atoms with Crippen LogP contribution in [-0.4, -0.2) is 55.0 Å². The first-order valence-corrected chi connectivity index (χ1v) is 20.3. The van der Waals surface area contributed by atoms with Gasteiger partial charge in [-0.15, -0.1) is 0 Å². The van der Waals surface area contributed by atoms with Gasteiger partial charge in [-0.2, -0.15) is 11.8 Å². The molecule has 2 aromatic heterocycles. The van der Waals surface area contributed by atoms with Gasteiger partial charge in [0.2, 0.25) is 0 Å². The molecule has 0 aliphatic heterocycles.